The van der Waals surface area contributed by atoms with Crippen molar-refractivity contribution in [1.82, 2.24) is 0 Å². The third-order valence-corrected chi connectivity index (χ3v) is 6.55. The van der Waals surface area contributed by atoms with Crippen molar-refractivity contribution in [2.24, 2.45) is 0 Å². The number of Topliss-reactive ketones (excluding diaryl/α,β-unsaturated/α-hetero) is 1. The summed E-state index contributed by atoms with van der Waals surface area (Å²) < 4.78 is 9.22. The third kappa shape index (κ3) is 2.75. The summed E-state index contributed by atoms with van der Waals surface area (Å²) in [4.78, 5) is 14.8. The molecule has 0 spiro atoms. The maximum atomic E-state index is 12.8. The number of ether oxygens (including phenoxy) is 1. The summed E-state index contributed by atoms with van der Waals surface area (Å²) in [5.74, 6) is 1.15. The summed E-state index contributed by atoms with van der Waals surface area (Å²) in [7, 11) is 0. The summed E-state index contributed by atoms with van der Waals surface area (Å²) in [5, 5.41) is 11.6. The number of aryl methyl sites for hydroxylation is 1. The SMILES string of the molecule is CCN1/C(=C\C2=C(O)C(=C\c3sc4ccccc4[n+]3CC)/C2=O)Oc2ccccc21. The van der Waals surface area contributed by atoms with E-state index in [2.05, 4.69) is 23.6 Å². The van der Waals surface area contributed by atoms with E-state index in [1.807, 2.05) is 48.2 Å². The molecule has 0 saturated heterocycles. The number of thiazole rings is 1. The van der Waals surface area contributed by atoms with Gasteiger partial charge in [0.1, 0.15) is 17.0 Å². The number of fused-ring (bicyclic) bond motifs is 2. The van der Waals surface area contributed by atoms with Crippen molar-refractivity contribution in [1.29, 1.82) is 0 Å². The molecule has 2 aromatic carbocycles. The van der Waals surface area contributed by atoms with Crippen molar-refractivity contribution in [2.45, 2.75) is 20.4 Å². The first-order chi connectivity index (χ1) is 14.6. The van der Waals surface area contributed by atoms with Crippen LogP contribution in [0.4, 0.5) is 5.69 Å². The molecular weight excluding hydrogens is 396 g/mol. The number of hydrogen-bond acceptors (Lipinski definition) is 5. The first-order valence-electron chi connectivity index (χ1n) is 9.99. The van der Waals surface area contributed by atoms with Gasteiger partial charge >= 0.3 is 0 Å². The number of carbonyl (C=O) groups excluding carboxylic acids is 1. The van der Waals surface area contributed by atoms with Crippen LogP contribution in [0, 0.1) is 0 Å². The number of para-hydroxylation sites is 3. The van der Waals surface area contributed by atoms with Gasteiger partial charge in [-0.15, -0.1) is 0 Å². The van der Waals surface area contributed by atoms with E-state index in [1.165, 1.54) is 0 Å². The Bertz CT molecular complexity index is 1280. The van der Waals surface area contributed by atoms with Crippen LogP contribution in [-0.2, 0) is 11.3 Å². The minimum absolute atomic E-state index is 0.0169. The number of aliphatic hydroxyl groups is 1. The van der Waals surface area contributed by atoms with Gasteiger partial charge in [0, 0.05) is 24.8 Å². The van der Waals surface area contributed by atoms with E-state index in [0.29, 0.717) is 18.0 Å². The van der Waals surface area contributed by atoms with Gasteiger partial charge in [0.25, 0.3) is 5.01 Å². The van der Waals surface area contributed by atoms with E-state index in [1.54, 1.807) is 23.5 Å². The molecule has 1 N–H and O–H groups in total. The highest BCUT2D eigenvalue weighted by Crippen LogP contribution is 2.40. The average Bonchev–Trinajstić information content (AvgIpc) is 3.32. The predicted octanol–water partition coefficient (Wildman–Crippen LogP) is 4.75. The monoisotopic (exact) mass is 417 g/mol. The molecule has 0 radical (unpaired) electrons. The summed E-state index contributed by atoms with van der Waals surface area (Å²) in [6.45, 7) is 5.58. The van der Waals surface area contributed by atoms with Crippen molar-refractivity contribution in [3.05, 3.63) is 82.4 Å². The molecule has 3 aromatic rings. The number of anilines is 1. The Morgan fingerprint density at radius 1 is 1.10 bits per heavy atom. The van der Waals surface area contributed by atoms with Crippen LogP contribution >= 0.6 is 11.3 Å². The Labute approximate surface area is 178 Å². The highest BCUT2D eigenvalue weighted by Gasteiger charge is 2.36. The second-order valence-electron chi connectivity index (χ2n) is 7.10. The molecule has 1 aliphatic heterocycles. The molecule has 5 rings (SSSR count). The van der Waals surface area contributed by atoms with Crippen molar-refractivity contribution in [3.63, 3.8) is 0 Å². The molecule has 0 saturated carbocycles. The first kappa shape index (κ1) is 18.6. The lowest BCUT2D eigenvalue weighted by atomic mass is 9.87. The van der Waals surface area contributed by atoms with E-state index < -0.39 is 0 Å². The molecule has 1 aliphatic carbocycles. The quantitative estimate of drug-likeness (QED) is 0.492. The van der Waals surface area contributed by atoms with Crippen LogP contribution in [0.1, 0.15) is 18.9 Å². The Morgan fingerprint density at radius 3 is 2.63 bits per heavy atom. The number of carbonyl (C=O) groups is 1. The number of allylic oxidation sites excluding steroid dienone is 3. The van der Waals surface area contributed by atoms with Gasteiger partial charge in [-0.1, -0.05) is 35.6 Å². The fourth-order valence-electron chi connectivity index (χ4n) is 3.93. The Balaban J connectivity index is 1.51. The molecule has 0 bridgehead atoms. The average molecular weight is 418 g/mol. The molecule has 1 aromatic heterocycles. The van der Waals surface area contributed by atoms with E-state index in [4.69, 9.17) is 4.74 Å². The fourth-order valence-corrected chi connectivity index (χ4v) is 5.10. The molecule has 0 unspecified atom stereocenters. The lowest BCUT2D eigenvalue weighted by molar-refractivity contribution is -0.665. The minimum Gasteiger partial charge on any atom is -0.506 e. The summed E-state index contributed by atoms with van der Waals surface area (Å²) >= 11 is 1.61. The van der Waals surface area contributed by atoms with E-state index in [-0.39, 0.29) is 17.1 Å². The summed E-state index contributed by atoms with van der Waals surface area (Å²) in [5.41, 5.74) is 2.72. The highest BCUT2D eigenvalue weighted by molar-refractivity contribution is 7.18. The van der Waals surface area contributed by atoms with Gasteiger partial charge in [0.15, 0.2) is 5.75 Å². The van der Waals surface area contributed by atoms with Crippen LogP contribution < -0.4 is 14.2 Å². The minimum atomic E-state index is -0.171. The van der Waals surface area contributed by atoms with E-state index >= 15 is 0 Å². The van der Waals surface area contributed by atoms with Crippen molar-refractivity contribution in [2.75, 3.05) is 11.4 Å². The van der Waals surface area contributed by atoms with Gasteiger partial charge in [-0.3, -0.25) is 4.79 Å². The number of ketones is 1. The Kier molecular flexibility index (Phi) is 4.44. The summed E-state index contributed by atoms with van der Waals surface area (Å²) in [6, 6.07) is 15.9. The number of aromatic nitrogens is 1. The zero-order chi connectivity index (χ0) is 20.8. The number of benzene rings is 2. The standard InChI is InChI=1S/C24H20N2O3S/c1-3-25-17-9-5-7-11-19(17)29-21(25)13-15-23(27)16(24(15)28)14-22-26(4-2)18-10-6-8-12-20(18)30-22/h5-14H,3-4H2,1-2H3/p+1. The van der Waals surface area contributed by atoms with Crippen LogP contribution in [0.3, 0.4) is 0 Å². The number of aliphatic hydroxyl groups excluding tert-OH is 1. The topological polar surface area (TPSA) is 53.7 Å². The molecule has 0 amide bonds. The van der Waals surface area contributed by atoms with E-state index in [9.17, 15) is 9.90 Å². The van der Waals surface area contributed by atoms with Crippen LogP contribution in [-0.4, -0.2) is 17.4 Å². The zero-order valence-corrected chi connectivity index (χ0v) is 17.6. The van der Waals surface area contributed by atoms with Gasteiger partial charge in [-0.2, -0.15) is 4.57 Å². The lowest BCUT2D eigenvalue weighted by Crippen LogP contribution is -2.34. The number of rotatable bonds is 4. The molecule has 2 heterocycles. The molecule has 30 heavy (non-hydrogen) atoms. The fraction of sp³-hybridized carbons (Fsp3) is 0.167. The second kappa shape index (κ2) is 7.15. The summed E-state index contributed by atoms with van der Waals surface area (Å²) in [6.07, 6.45) is 3.42. The predicted molar refractivity (Wildman–Crippen MR) is 119 cm³/mol. The van der Waals surface area contributed by atoms with Crippen molar-refractivity contribution >= 4 is 39.1 Å². The van der Waals surface area contributed by atoms with E-state index in [0.717, 1.165) is 33.2 Å². The van der Waals surface area contributed by atoms with Crippen molar-refractivity contribution < 1.29 is 19.2 Å². The van der Waals surface area contributed by atoms with Crippen molar-refractivity contribution in [3.8, 4) is 5.75 Å². The van der Waals surface area contributed by atoms with Crippen LogP contribution in [0.25, 0.3) is 16.3 Å². The molecule has 0 fully saturated rings. The molecular formula is C24H21N2O3S+. The second-order valence-corrected chi connectivity index (χ2v) is 8.16. The van der Waals surface area contributed by atoms with Gasteiger partial charge < -0.3 is 14.7 Å². The van der Waals surface area contributed by atoms with Gasteiger partial charge in [-0.05, 0) is 32.0 Å². The maximum absolute atomic E-state index is 12.8. The Morgan fingerprint density at radius 2 is 1.87 bits per heavy atom. The van der Waals surface area contributed by atoms with Crippen LogP contribution in [0.15, 0.2) is 77.4 Å². The zero-order valence-electron chi connectivity index (χ0n) is 16.8. The van der Waals surface area contributed by atoms with Crippen LogP contribution in [0.5, 0.6) is 5.75 Å². The van der Waals surface area contributed by atoms with Gasteiger partial charge in [0.2, 0.25) is 17.2 Å². The third-order valence-electron chi connectivity index (χ3n) is 5.44. The molecule has 150 valence electrons. The maximum Gasteiger partial charge on any atom is 0.263 e. The van der Waals surface area contributed by atoms with Crippen LogP contribution in [0.2, 0.25) is 0 Å². The lowest BCUT2D eigenvalue weighted by Gasteiger charge is -2.20. The molecule has 2 aliphatic rings. The smallest absolute Gasteiger partial charge is 0.263 e. The highest BCUT2D eigenvalue weighted by atomic mass is 32.1. The Hall–Kier alpha value is -3.38. The first-order valence-corrected chi connectivity index (χ1v) is 10.8. The normalized spacial score (nSPS) is 18.3. The number of hydrogen-bond donors (Lipinski definition) is 1. The molecule has 6 heteroatoms. The van der Waals surface area contributed by atoms with Gasteiger partial charge in [0.05, 0.1) is 16.8 Å². The molecule has 5 nitrogen and oxygen atoms in total. The number of nitrogens with zero attached hydrogens (tertiary/aromatic N) is 2. The largest absolute Gasteiger partial charge is 0.506 e. The molecule has 0 atom stereocenters. The van der Waals surface area contributed by atoms with Gasteiger partial charge in [-0.25, -0.2) is 0 Å².